The number of hydrogen-bond donors (Lipinski definition) is 0. The number of benzene rings is 1. The second-order valence-electron chi connectivity index (χ2n) is 2.49. The van der Waals surface area contributed by atoms with E-state index < -0.39 is 4.92 Å². The van der Waals surface area contributed by atoms with Crippen molar-refractivity contribution in [3.8, 4) is 0 Å². The summed E-state index contributed by atoms with van der Waals surface area (Å²) in [5, 5.41) is 10.6. The van der Waals surface area contributed by atoms with Crippen LogP contribution in [0.15, 0.2) is 41.4 Å². The lowest BCUT2D eigenvalue weighted by Gasteiger charge is -1.94. The van der Waals surface area contributed by atoms with Crippen molar-refractivity contribution >= 4 is 27.7 Å². The molecule has 0 atom stereocenters. The van der Waals surface area contributed by atoms with Crippen LogP contribution < -0.4 is 0 Å². The highest BCUT2D eigenvalue weighted by atomic mass is 79.9. The van der Waals surface area contributed by atoms with Gasteiger partial charge in [-0.15, -0.1) is 0 Å². The average molecular weight is 254 g/mol. The van der Waals surface area contributed by atoms with E-state index >= 15 is 0 Å². The summed E-state index contributed by atoms with van der Waals surface area (Å²) in [6.07, 6.45) is 5.17. The average Bonchev–Trinajstić information content (AvgIpc) is 2.19. The summed E-state index contributed by atoms with van der Waals surface area (Å²) in [4.78, 5) is 11.9. The Kier molecular flexibility index (Phi) is 4.07. The third kappa shape index (κ3) is 2.81. The molecular weight excluding hydrogens is 246 g/mol. The van der Waals surface area contributed by atoms with E-state index in [0.29, 0.717) is 5.56 Å². The first-order valence-corrected chi connectivity index (χ1v) is 4.84. The fraction of sp³-hybridized carbons (Fsp3) is 0. The van der Waals surface area contributed by atoms with Gasteiger partial charge in [0.25, 0.3) is 5.69 Å². The van der Waals surface area contributed by atoms with Gasteiger partial charge in [0.15, 0.2) is 0 Å². The molecule has 14 heavy (non-hydrogen) atoms. The Labute approximate surface area is 90.0 Å². The first-order valence-electron chi connectivity index (χ1n) is 3.92. The lowest BCUT2D eigenvalue weighted by molar-refractivity contribution is -0.385. The summed E-state index contributed by atoms with van der Waals surface area (Å²) in [6, 6.07) is 6.61. The molecule has 0 aliphatic carbocycles. The maximum Gasteiger partial charge on any atom is 0.276 e. The largest absolute Gasteiger partial charge is 0.276 e. The zero-order valence-corrected chi connectivity index (χ0v) is 8.85. The van der Waals surface area contributed by atoms with E-state index in [1.807, 2.05) is 0 Å². The molecule has 0 fully saturated rings. The van der Waals surface area contributed by atoms with Crippen LogP contribution in [-0.2, 0) is 0 Å². The highest BCUT2D eigenvalue weighted by Gasteiger charge is 2.08. The lowest BCUT2D eigenvalue weighted by Crippen LogP contribution is -1.90. The molecule has 0 saturated carbocycles. The van der Waals surface area contributed by atoms with Crippen LogP contribution >= 0.6 is 15.9 Å². The molecule has 1 aromatic rings. The Bertz CT molecular complexity index is 385. The summed E-state index contributed by atoms with van der Waals surface area (Å²) in [5.74, 6) is 0. The second kappa shape index (κ2) is 5.34. The Morgan fingerprint density at radius 3 is 2.64 bits per heavy atom. The Morgan fingerprint density at radius 1 is 1.29 bits per heavy atom. The van der Waals surface area contributed by atoms with E-state index in [2.05, 4.69) is 15.9 Å². The molecule has 0 saturated heterocycles. The minimum atomic E-state index is -0.391. The van der Waals surface area contributed by atoms with Gasteiger partial charge in [-0.3, -0.25) is 10.1 Å². The molecule has 4 heteroatoms. The number of nitrogens with zero attached hydrogens (tertiary/aromatic N) is 1. The van der Waals surface area contributed by atoms with Gasteiger partial charge in [0.1, 0.15) is 0 Å². The van der Waals surface area contributed by atoms with Crippen molar-refractivity contribution in [1.82, 2.24) is 0 Å². The predicted octanol–water partition coefficient (Wildman–Crippen LogP) is 3.52. The molecule has 1 aromatic carbocycles. The van der Waals surface area contributed by atoms with Crippen molar-refractivity contribution in [2.24, 2.45) is 0 Å². The minimum absolute atomic E-state index is 0.117. The van der Waals surface area contributed by atoms with Crippen LogP contribution in [0.3, 0.4) is 0 Å². The van der Waals surface area contributed by atoms with Crippen molar-refractivity contribution in [2.75, 3.05) is 0 Å². The van der Waals surface area contributed by atoms with Gasteiger partial charge in [-0.1, -0.05) is 40.2 Å². The summed E-state index contributed by atoms with van der Waals surface area (Å²) in [7, 11) is 0. The van der Waals surface area contributed by atoms with Gasteiger partial charge in [-0.25, -0.2) is 0 Å². The van der Waals surface area contributed by atoms with Crippen molar-refractivity contribution in [2.45, 2.75) is 0 Å². The van der Waals surface area contributed by atoms with Crippen molar-refractivity contribution in [3.63, 3.8) is 0 Å². The predicted molar refractivity (Wildman–Crippen MR) is 60.2 cm³/mol. The van der Waals surface area contributed by atoms with Gasteiger partial charge in [0, 0.05) is 6.07 Å². The van der Waals surface area contributed by atoms with Crippen molar-refractivity contribution in [1.29, 1.82) is 0 Å². The number of hydrogen-bond acceptors (Lipinski definition) is 2. The third-order valence-electron chi connectivity index (χ3n) is 1.59. The molecular formula is C10H8BrNO2. The third-order valence-corrected chi connectivity index (χ3v) is 1.90. The number of rotatable bonds is 3. The molecule has 0 radical (unpaired) electrons. The molecule has 3 nitrogen and oxygen atoms in total. The van der Waals surface area contributed by atoms with E-state index in [4.69, 9.17) is 0 Å². The van der Waals surface area contributed by atoms with Crippen molar-refractivity contribution in [3.05, 3.63) is 57.1 Å². The molecule has 0 spiro atoms. The quantitative estimate of drug-likeness (QED) is 0.470. The highest BCUT2D eigenvalue weighted by molar-refractivity contribution is 9.11. The summed E-state index contributed by atoms with van der Waals surface area (Å²) in [6.45, 7) is 0. The van der Waals surface area contributed by atoms with Crippen molar-refractivity contribution < 1.29 is 4.92 Å². The van der Waals surface area contributed by atoms with Crippen LogP contribution in [0.5, 0.6) is 0 Å². The van der Waals surface area contributed by atoms with Gasteiger partial charge in [-0.2, -0.15) is 0 Å². The summed E-state index contributed by atoms with van der Waals surface area (Å²) < 4.78 is 0. The van der Waals surface area contributed by atoms with Crippen LogP contribution in [0.2, 0.25) is 0 Å². The normalized spacial score (nSPS) is 11.2. The molecule has 0 heterocycles. The number of halogens is 1. The van der Waals surface area contributed by atoms with Crippen LogP contribution in [0, 0.1) is 10.1 Å². The number of nitro benzene ring substituents is 1. The van der Waals surface area contributed by atoms with Crippen LogP contribution in [0.4, 0.5) is 5.69 Å². The number of para-hydroxylation sites is 1. The molecule has 0 unspecified atom stereocenters. The molecule has 0 aliphatic heterocycles. The molecule has 0 N–H and O–H groups in total. The maximum atomic E-state index is 10.6. The number of nitro groups is 1. The second-order valence-corrected chi connectivity index (χ2v) is 3.02. The van der Waals surface area contributed by atoms with Gasteiger partial charge >= 0.3 is 0 Å². The first-order chi connectivity index (χ1) is 6.75. The fourth-order valence-corrected chi connectivity index (χ4v) is 1.17. The Hall–Kier alpha value is -1.42. The van der Waals surface area contributed by atoms with E-state index in [0.717, 1.165) is 0 Å². The number of allylic oxidation sites excluding steroid dienone is 2. The first kappa shape index (κ1) is 10.7. The maximum absolute atomic E-state index is 10.6. The zero-order chi connectivity index (χ0) is 10.4. The molecule has 0 amide bonds. The summed E-state index contributed by atoms with van der Waals surface area (Å²) in [5.41, 5.74) is 0.717. The monoisotopic (exact) mass is 253 g/mol. The fourth-order valence-electron chi connectivity index (χ4n) is 0.996. The molecule has 72 valence electrons. The van der Waals surface area contributed by atoms with Gasteiger partial charge < -0.3 is 0 Å². The van der Waals surface area contributed by atoms with E-state index in [1.54, 1.807) is 41.4 Å². The van der Waals surface area contributed by atoms with Crippen LogP contribution in [-0.4, -0.2) is 4.92 Å². The standard InChI is InChI=1S/C10H8BrNO2/c11-8-4-3-6-9-5-1-2-7-10(9)12(13)14/h1-8H/b6-3+,8-4+. The minimum Gasteiger partial charge on any atom is -0.258 e. The van der Waals surface area contributed by atoms with Gasteiger partial charge in [-0.05, 0) is 17.1 Å². The van der Waals surface area contributed by atoms with E-state index in [-0.39, 0.29) is 5.69 Å². The zero-order valence-electron chi connectivity index (χ0n) is 7.26. The van der Waals surface area contributed by atoms with Gasteiger partial charge in [0.05, 0.1) is 10.5 Å². The molecule has 0 aromatic heterocycles. The summed E-state index contributed by atoms with van der Waals surface area (Å²) >= 11 is 3.10. The Balaban J connectivity index is 3.01. The van der Waals surface area contributed by atoms with Gasteiger partial charge in [0.2, 0.25) is 0 Å². The van der Waals surface area contributed by atoms with E-state index in [1.165, 1.54) is 6.07 Å². The Morgan fingerprint density at radius 2 is 2.00 bits per heavy atom. The lowest BCUT2D eigenvalue weighted by atomic mass is 10.1. The van der Waals surface area contributed by atoms with Crippen LogP contribution in [0.1, 0.15) is 5.56 Å². The van der Waals surface area contributed by atoms with E-state index in [9.17, 15) is 10.1 Å². The smallest absolute Gasteiger partial charge is 0.258 e. The topological polar surface area (TPSA) is 43.1 Å². The van der Waals surface area contributed by atoms with Crippen LogP contribution in [0.25, 0.3) is 6.08 Å². The molecule has 0 aliphatic rings. The highest BCUT2D eigenvalue weighted by Crippen LogP contribution is 2.18. The molecule has 0 bridgehead atoms. The molecule has 1 rings (SSSR count). The SMILES string of the molecule is O=[N+]([O-])c1ccccc1/C=C/C=C/Br.